The fraction of sp³-hybridized carbons (Fsp3) is 1.00. The molecule has 1 heterocycles. The lowest BCUT2D eigenvalue weighted by Crippen LogP contribution is -2.28. The fourth-order valence-electron chi connectivity index (χ4n) is 2.40. The Hall–Kier alpha value is -0.0900. The lowest BCUT2D eigenvalue weighted by atomic mass is 9.88. The van der Waals surface area contributed by atoms with Crippen LogP contribution in [0.1, 0.15) is 33.1 Å². The van der Waals surface area contributed by atoms with Crippen LogP contribution in [0.4, 0.5) is 0 Å². The maximum atomic E-state index is 11.4. The average Bonchev–Trinajstić information content (AvgIpc) is 2.53. The third-order valence-corrected chi connectivity index (χ3v) is 5.04. The van der Waals surface area contributed by atoms with Crippen LogP contribution in [0.3, 0.4) is 0 Å². The zero-order chi connectivity index (χ0) is 11.3. The van der Waals surface area contributed by atoms with Crippen LogP contribution in [0.2, 0.25) is 0 Å². The molecule has 1 rings (SSSR count). The van der Waals surface area contributed by atoms with Crippen molar-refractivity contribution in [2.24, 2.45) is 11.8 Å². The minimum Gasteiger partial charge on any atom is -0.317 e. The molecule has 0 spiro atoms. The van der Waals surface area contributed by atoms with Gasteiger partial charge in [0.05, 0.1) is 11.5 Å². The van der Waals surface area contributed by atoms with E-state index in [2.05, 4.69) is 19.2 Å². The summed E-state index contributed by atoms with van der Waals surface area (Å²) in [6, 6.07) is 0. The maximum absolute atomic E-state index is 11.4. The van der Waals surface area contributed by atoms with Crippen molar-refractivity contribution in [1.82, 2.24) is 5.32 Å². The summed E-state index contributed by atoms with van der Waals surface area (Å²) in [7, 11) is -2.71. The minimum absolute atomic E-state index is 0.397. The van der Waals surface area contributed by atoms with Crippen LogP contribution in [-0.4, -0.2) is 33.0 Å². The molecule has 1 fully saturated rings. The summed E-state index contributed by atoms with van der Waals surface area (Å²) in [6.45, 7) is 6.21. The van der Waals surface area contributed by atoms with E-state index in [1.54, 1.807) is 0 Å². The third-order valence-electron chi connectivity index (χ3n) is 3.25. The SMILES string of the molecule is CCCC(CNCC)C1CCS(=O)(=O)C1. The lowest BCUT2D eigenvalue weighted by molar-refractivity contribution is 0.325. The zero-order valence-corrected chi connectivity index (χ0v) is 10.6. The number of hydrogen-bond donors (Lipinski definition) is 1. The van der Waals surface area contributed by atoms with E-state index in [-0.39, 0.29) is 0 Å². The topological polar surface area (TPSA) is 46.2 Å². The van der Waals surface area contributed by atoms with E-state index in [0.717, 1.165) is 32.4 Å². The highest BCUT2D eigenvalue weighted by molar-refractivity contribution is 7.91. The van der Waals surface area contributed by atoms with Crippen molar-refractivity contribution in [2.75, 3.05) is 24.6 Å². The Morgan fingerprint density at radius 3 is 2.60 bits per heavy atom. The molecule has 1 aliphatic heterocycles. The van der Waals surface area contributed by atoms with Gasteiger partial charge in [0.15, 0.2) is 9.84 Å². The highest BCUT2D eigenvalue weighted by Crippen LogP contribution is 2.28. The molecule has 15 heavy (non-hydrogen) atoms. The maximum Gasteiger partial charge on any atom is 0.150 e. The molecular formula is C11H23NO2S. The van der Waals surface area contributed by atoms with Crippen molar-refractivity contribution in [1.29, 1.82) is 0 Å². The summed E-state index contributed by atoms with van der Waals surface area (Å²) in [5.74, 6) is 1.77. The third kappa shape index (κ3) is 4.11. The summed E-state index contributed by atoms with van der Waals surface area (Å²) in [6.07, 6.45) is 3.16. The molecule has 0 aromatic carbocycles. The van der Waals surface area contributed by atoms with Crippen LogP contribution >= 0.6 is 0 Å². The van der Waals surface area contributed by atoms with Gasteiger partial charge in [-0.3, -0.25) is 0 Å². The standard InChI is InChI=1S/C11H23NO2S/c1-3-5-10(8-12-4-2)11-6-7-15(13,14)9-11/h10-12H,3-9H2,1-2H3. The van der Waals surface area contributed by atoms with E-state index in [4.69, 9.17) is 0 Å². The Bertz CT molecular complexity index is 274. The molecule has 90 valence electrons. The molecule has 1 N–H and O–H groups in total. The van der Waals surface area contributed by atoms with Gasteiger partial charge in [0.2, 0.25) is 0 Å². The number of nitrogens with one attached hydrogen (secondary N) is 1. The van der Waals surface area contributed by atoms with Gasteiger partial charge in [0.1, 0.15) is 0 Å². The summed E-state index contributed by atoms with van der Waals surface area (Å²) in [5, 5.41) is 3.34. The number of sulfone groups is 1. The van der Waals surface area contributed by atoms with Crippen molar-refractivity contribution in [3.63, 3.8) is 0 Å². The first-order valence-electron chi connectivity index (χ1n) is 6.00. The van der Waals surface area contributed by atoms with Gasteiger partial charge >= 0.3 is 0 Å². The molecule has 4 heteroatoms. The molecule has 0 saturated carbocycles. The Kier molecular flexibility index (Phi) is 5.06. The van der Waals surface area contributed by atoms with Gasteiger partial charge in [0.25, 0.3) is 0 Å². The molecular weight excluding hydrogens is 210 g/mol. The van der Waals surface area contributed by atoms with Crippen molar-refractivity contribution >= 4 is 9.84 Å². The first-order chi connectivity index (χ1) is 7.09. The molecule has 0 aromatic rings. The highest BCUT2D eigenvalue weighted by Gasteiger charge is 2.32. The molecule has 0 radical (unpaired) electrons. The number of rotatable bonds is 6. The van der Waals surface area contributed by atoms with Crippen molar-refractivity contribution in [3.05, 3.63) is 0 Å². The highest BCUT2D eigenvalue weighted by atomic mass is 32.2. The van der Waals surface area contributed by atoms with Crippen molar-refractivity contribution in [3.8, 4) is 0 Å². The molecule has 2 unspecified atom stereocenters. The second kappa shape index (κ2) is 5.85. The summed E-state index contributed by atoms with van der Waals surface area (Å²) in [5.41, 5.74) is 0. The molecule has 1 aliphatic rings. The summed E-state index contributed by atoms with van der Waals surface area (Å²) in [4.78, 5) is 0. The van der Waals surface area contributed by atoms with Crippen LogP contribution in [-0.2, 0) is 9.84 Å². The van der Waals surface area contributed by atoms with E-state index in [1.165, 1.54) is 0 Å². The Morgan fingerprint density at radius 1 is 1.40 bits per heavy atom. The predicted molar refractivity (Wildman–Crippen MR) is 63.7 cm³/mol. The van der Waals surface area contributed by atoms with Gasteiger partial charge in [-0.15, -0.1) is 0 Å². The van der Waals surface area contributed by atoms with Gasteiger partial charge in [0, 0.05) is 0 Å². The molecule has 3 nitrogen and oxygen atoms in total. The van der Waals surface area contributed by atoms with Gasteiger partial charge in [-0.1, -0.05) is 20.3 Å². The summed E-state index contributed by atoms with van der Waals surface area (Å²) < 4.78 is 22.8. The van der Waals surface area contributed by atoms with Crippen LogP contribution in [0.5, 0.6) is 0 Å². The minimum atomic E-state index is -2.71. The Morgan fingerprint density at radius 2 is 2.13 bits per heavy atom. The molecule has 1 saturated heterocycles. The lowest BCUT2D eigenvalue weighted by Gasteiger charge is -2.22. The quantitative estimate of drug-likeness (QED) is 0.755. The predicted octanol–water partition coefficient (Wildman–Crippen LogP) is 1.45. The number of hydrogen-bond acceptors (Lipinski definition) is 3. The second-order valence-electron chi connectivity index (χ2n) is 4.52. The van der Waals surface area contributed by atoms with E-state index in [9.17, 15) is 8.42 Å². The van der Waals surface area contributed by atoms with Crippen molar-refractivity contribution in [2.45, 2.75) is 33.1 Å². The van der Waals surface area contributed by atoms with Gasteiger partial charge in [-0.05, 0) is 37.8 Å². The van der Waals surface area contributed by atoms with Crippen LogP contribution in [0.25, 0.3) is 0 Å². The molecule has 2 atom stereocenters. The molecule has 0 amide bonds. The Labute approximate surface area is 93.6 Å². The second-order valence-corrected chi connectivity index (χ2v) is 6.75. The first-order valence-corrected chi connectivity index (χ1v) is 7.82. The smallest absolute Gasteiger partial charge is 0.150 e. The van der Waals surface area contributed by atoms with E-state index in [1.807, 2.05) is 0 Å². The monoisotopic (exact) mass is 233 g/mol. The van der Waals surface area contributed by atoms with Gasteiger partial charge in [-0.2, -0.15) is 0 Å². The van der Waals surface area contributed by atoms with Crippen molar-refractivity contribution < 1.29 is 8.42 Å². The van der Waals surface area contributed by atoms with E-state index >= 15 is 0 Å². The van der Waals surface area contributed by atoms with Crippen LogP contribution < -0.4 is 5.32 Å². The zero-order valence-electron chi connectivity index (χ0n) is 9.83. The van der Waals surface area contributed by atoms with Gasteiger partial charge in [-0.25, -0.2) is 8.42 Å². The molecule has 0 aliphatic carbocycles. The average molecular weight is 233 g/mol. The van der Waals surface area contributed by atoms with E-state index in [0.29, 0.717) is 23.3 Å². The van der Waals surface area contributed by atoms with Crippen LogP contribution in [0, 0.1) is 11.8 Å². The van der Waals surface area contributed by atoms with Gasteiger partial charge < -0.3 is 5.32 Å². The Balaban J connectivity index is 2.49. The first kappa shape index (κ1) is 13.0. The summed E-state index contributed by atoms with van der Waals surface area (Å²) >= 11 is 0. The fourth-order valence-corrected chi connectivity index (χ4v) is 4.32. The molecule has 0 aromatic heterocycles. The van der Waals surface area contributed by atoms with E-state index < -0.39 is 9.84 Å². The largest absolute Gasteiger partial charge is 0.317 e. The van der Waals surface area contributed by atoms with Crippen LogP contribution in [0.15, 0.2) is 0 Å². The normalized spacial score (nSPS) is 26.7. The molecule has 0 bridgehead atoms.